The lowest BCUT2D eigenvalue weighted by Gasteiger charge is -2.35. The Morgan fingerprint density at radius 3 is 2.76 bits per heavy atom. The number of nitrogens with one attached hydrogen (secondary N) is 1. The first kappa shape index (κ1) is 16.2. The maximum absolute atomic E-state index is 12.6. The highest BCUT2D eigenvalue weighted by Crippen LogP contribution is 2.14. The zero-order valence-electron chi connectivity index (χ0n) is 13.3. The molecule has 2 unspecified atom stereocenters. The highest BCUT2D eigenvalue weighted by atomic mass is 16.5. The van der Waals surface area contributed by atoms with Crippen molar-refractivity contribution in [3.63, 3.8) is 0 Å². The van der Waals surface area contributed by atoms with E-state index < -0.39 is 6.04 Å². The number of nitrogens with zero attached hydrogens (tertiary/aromatic N) is 2. The molecule has 1 N–H and O–H groups in total. The van der Waals surface area contributed by atoms with Crippen molar-refractivity contribution in [3.8, 4) is 0 Å². The molecule has 2 aliphatic heterocycles. The second-order valence-corrected chi connectivity index (χ2v) is 6.21. The van der Waals surface area contributed by atoms with Crippen LogP contribution in [-0.2, 0) is 14.3 Å². The van der Waals surface area contributed by atoms with Crippen molar-refractivity contribution in [2.45, 2.75) is 39.3 Å². The number of hydrogen-bond acceptors (Lipinski definition) is 4. The summed E-state index contributed by atoms with van der Waals surface area (Å²) < 4.78 is 5.78. The van der Waals surface area contributed by atoms with Crippen molar-refractivity contribution in [3.05, 3.63) is 0 Å². The molecule has 0 spiro atoms. The second-order valence-electron chi connectivity index (χ2n) is 6.21. The maximum Gasteiger partial charge on any atom is 0.245 e. The summed E-state index contributed by atoms with van der Waals surface area (Å²) in [5.41, 5.74) is 0. The minimum atomic E-state index is -0.411. The number of carbonyl (C=O) groups excluding carboxylic acids is 2. The molecule has 0 bridgehead atoms. The van der Waals surface area contributed by atoms with Gasteiger partial charge in [-0.25, -0.2) is 0 Å². The standard InChI is InChI=1S/C15H27N3O3/c1-4-17-7-8-21-12(9-17)10-18-6-5-13(19)16-14(11(2)3)15(18)20/h11-12,14H,4-10H2,1-3H3,(H,16,19). The van der Waals surface area contributed by atoms with Gasteiger partial charge in [-0.15, -0.1) is 0 Å². The van der Waals surface area contributed by atoms with E-state index in [1.807, 2.05) is 13.8 Å². The first-order valence-electron chi connectivity index (χ1n) is 7.93. The Labute approximate surface area is 126 Å². The largest absolute Gasteiger partial charge is 0.374 e. The summed E-state index contributed by atoms with van der Waals surface area (Å²) in [6.07, 6.45) is 0.419. The molecule has 0 aromatic carbocycles. The van der Waals surface area contributed by atoms with Gasteiger partial charge in [-0.2, -0.15) is 0 Å². The molecule has 0 aliphatic carbocycles. The van der Waals surface area contributed by atoms with Crippen LogP contribution in [0.1, 0.15) is 27.2 Å². The van der Waals surface area contributed by atoms with Crippen LogP contribution in [-0.4, -0.2) is 73.1 Å². The van der Waals surface area contributed by atoms with Gasteiger partial charge in [0, 0.05) is 32.6 Å². The fourth-order valence-corrected chi connectivity index (χ4v) is 2.91. The Kier molecular flexibility index (Phi) is 5.58. The van der Waals surface area contributed by atoms with Gasteiger partial charge in [0.25, 0.3) is 0 Å². The quantitative estimate of drug-likeness (QED) is 0.798. The van der Waals surface area contributed by atoms with Gasteiger partial charge >= 0.3 is 0 Å². The summed E-state index contributed by atoms with van der Waals surface area (Å²) in [6, 6.07) is -0.411. The van der Waals surface area contributed by atoms with Gasteiger partial charge in [0.1, 0.15) is 6.04 Å². The molecule has 2 amide bonds. The molecule has 120 valence electrons. The summed E-state index contributed by atoms with van der Waals surface area (Å²) in [4.78, 5) is 28.5. The molecular formula is C15H27N3O3. The van der Waals surface area contributed by atoms with Crippen LogP contribution in [0.25, 0.3) is 0 Å². The smallest absolute Gasteiger partial charge is 0.245 e. The molecule has 0 aromatic heterocycles. The third-order valence-corrected chi connectivity index (χ3v) is 4.26. The predicted octanol–water partition coefficient (Wildman–Crippen LogP) is 0.0802. The normalized spacial score (nSPS) is 28.7. The molecule has 6 nitrogen and oxygen atoms in total. The predicted molar refractivity (Wildman–Crippen MR) is 79.8 cm³/mol. The Bertz CT molecular complexity index is 386. The van der Waals surface area contributed by atoms with Crippen LogP contribution in [0.3, 0.4) is 0 Å². The third kappa shape index (κ3) is 4.17. The van der Waals surface area contributed by atoms with Crippen LogP contribution in [0, 0.1) is 5.92 Å². The first-order chi connectivity index (χ1) is 10.0. The van der Waals surface area contributed by atoms with Gasteiger partial charge in [-0.1, -0.05) is 20.8 Å². The molecule has 2 fully saturated rings. The van der Waals surface area contributed by atoms with E-state index in [9.17, 15) is 9.59 Å². The number of ether oxygens (including phenoxy) is 1. The molecule has 2 atom stereocenters. The molecule has 0 aromatic rings. The monoisotopic (exact) mass is 297 g/mol. The highest BCUT2D eigenvalue weighted by molar-refractivity contribution is 5.90. The van der Waals surface area contributed by atoms with E-state index in [-0.39, 0.29) is 23.8 Å². The maximum atomic E-state index is 12.6. The number of carbonyl (C=O) groups is 2. The lowest BCUT2D eigenvalue weighted by atomic mass is 10.0. The molecule has 0 radical (unpaired) electrons. The van der Waals surface area contributed by atoms with Gasteiger partial charge in [-0.3, -0.25) is 14.5 Å². The molecule has 2 aliphatic rings. The number of amides is 2. The van der Waals surface area contributed by atoms with Crippen molar-refractivity contribution in [1.82, 2.24) is 15.1 Å². The minimum Gasteiger partial charge on any atom is -0.374 e. The molecule has 2 saturated heterocycles. The van der Waals surface area contributed by atoms with Crippen molar-refractivity contribution in [2.75, 3.05) is 39.3 Å². The van der Waals surface area contributed by atoms with E-state index >= 15 is 0 Å². The molecule has 21 heavy (non-hydrogen) atoms. The Hall–Kier alpha value is -1.14. The first-order valence-corrected chi connectivity index (χ1v) is 7.93. The SMILES string of the molecule is CCN1CCOC(CN2CCC(=O)NC(C(C)C)C2=O)C1. The summed E-state index contributed by atoms with van der Waals surface area (Å²) in [5, 5.41) is 2.83. The Morgan fingerprint density at radius 2 is 2.10 bits per heavy atom. The van der Waals surface area contributed by atoms with Crippen molar-refractivity contribution in [1.29, 1.82) is 0 Å². The highest BCUT2D eigenvalue weighted by Gasteiger charge is 2.33. The van der Waals surface area contributed by atoms with Crippen molar-refractivity contribution >= 4 is 11.8 Å². The zero-order valence-corrected chi connectivity index (χ0v) is 13.3. The van der Waals surface area contributed by atoms with Crippen LogP contribution in [0.2, 0.25) is 0 Å². The molecule has 0 saturated carbocycles. The van der Waals surface area contributed by atoms with E-state index in [2.05, 4.69) is 17.1 Å². The molecule has 2 heterocycles. The number of hydrogen-bond donors (Lipinski definition) is 1. The fraction of sp³-hybridized carbons (Fsp3) is 0.867. The van der Waals surface area contributed by atoms with Crippen LogP contribution in [0.15, 0.2) is 0 Å². The summed E-state index contributed by atoms with van der Waals surface area (Å²) >= 11 is 0. The summed E-state index contributed by atoms with van der Waals surface area (Å²) in [5.74, 6) is 0.0823. The van der Waals surface area contributed by atoms with E-state index in [1.165, 1.54) is 0 Å². The van der Waals surface area contributed by atoms with Gasteiger partial charge in [0.15, 0.2) is 0 Å². The zero-order chi connectivity index (χ0) is 15.4. The van der Waals surface area contributed by atoms with Crippen molar-refractivity contribution < 1.29 is 14.3 Å². The lowest BCUT2D eigenvalue weighted by Crippen LogP contribution is -2.52. The third-order valence-electron chi connectivity index (χ3n) is 4.26. The summed E-state index contributed by atoms with van der Waals surface area (Å²) in [6.45, 7) is 10.6. The van der Waals surface area contributed by atoms with Gasteiger partial charge in [0.2, 0.25) is 11.8 Å². The number of likely N-dealkylation sites (N-methyl/N-ethyl adjacent to an activating group) is 1. The summed E-state index contributed by atoms with van der Waals surface area (Å²) in [7, 11) is 0. The Balaban J connectivity index is 2.00. The molecular weight excluding hydrogens is 270 g/mol. The second kappa shape index (κ2) is 7.22. The van der Waals surface area contributed by atoms with E-state index in [0.29, 0.717) is 26.1 Å². The van der Waals surface area contributed by atoms with Gasteiger partial charge in [-0.05, 0) is 12.5 Å². The number of morpholine rings is 1. The minimum absolute atomic E-state index is 0.0214. The van der Waals surface area contributed by atoms with Crippen molar-refractivity contribution in [2.24, 2.45) is 5.92 Å². The Morgan fingerprint density at radius 1 is 1.33 bits per heavy atom. The molecule has 6 heteroatoms. The van der Waals surface area contributed by atoms with E-state index in [1.54, 1.807) is 4.90 Å². The van der Waals surface area contributed by atoms with Crippen LogP contribution >= 0.6 is 0 Å². The topological polar surface area (TPSA) is 61.9 Å². The lowest BCUT2D eigenvalue weighted by molar-refractivity contribution is -0.137. The number of rotatable bonds is 4. The van der Waals surface area contributed by atoms with Crippen LogP contribution in [0.5, 0.6) is 0 Å². The van der Waals surface area contributed by atoms with Crippen LogP contribution in [0.4, 0.5) is 0 Å². The van der Waals surface area contributed by atoms with E-state index in [0.717, 1.165) is 19.6 Å². The average molecular weight is 297 g/mol. The molecule has 2 rings (SSSR count). The van der Waals surface area contributed by atoms with E-state index in [4.69, 9.17) is 4.74 Å². The fourth-order valence-electron chi connectivity index (χ4n) is 2.91. The van der Waals surface area contributed by atoms with Crippen LogP contribution < -0.4 is 5.32 Å². The van der Waals surface area contributed by atoms with Gasteiger partial charge < -0.3 is 15.0 Å². The average Bonchev–Trinajstić information content (AvgIpc) is 2.60. The van der Waals surface area contributed by atoms with Gasteiger partial charge in [0.05, 0.1) is 12.7 Å².